The van der Waals surface area contributed by atoms with Crippen molar-refractivity contribution in [1.29, 1.82) is 0 Å². The van der Waals surface area contributed by atoms with Crippen LogP contribution in [0.3, 0.4) is 0 Å². The SMILES string of the molecule is Oc1cccc(C2=CCNC2)c1. The standard InChI is InChI=1S/C10H11NO/c12-10-3-1-2-8(6-10)9-4-5-11-7-9/h1-4,6,11-12H,5,7H2. The monoisotopic (exact) mass is 161 g/mol. The number of benzene rings is 1. The highest BCUT2D eigenvalue weighted by Crippen LogP contribution is 2.20. The van der Waals surface area contributed by atoms with Gasteiger partial charge in [-0.3, -0.25) is 0 Å². The lowest BCUT2D eigenvalue weighted by molar-refractivity contribution is 0.475. The second kappa shape index (κ2) is 2.99. The summed E-state index contributed by atoms with van der Waals surface area (Å²) in [5, 5.41) is 12.4. The van der Waals surface area contributed by atoms with Crippen LogP contribution in [0.15, 0.2) is 30.3 Å². The average molecular weight is 161 g/mol. The Morgan fingerprint density at radius 1 is 1.33 bits per heavy atom. The van der Waals surface area contributed by atoms with Gasteiger partial charge in [0, 0.05) is 13.1 Å². The normalized spacial score (nSPS) is 16.2. The minimum atomic E-state index is 0.334. The summed E-state index contributed by atoms with van der Waals surface area (Å²) in [5.41, 5.74) is 2.38. The van der Waals surface area contributed by atoms with Crippen molar-refractivity contribution in [3.63, 3.8) is 0 Å². The first kappa shape index (κ1) is 7.37. The number of hydrogen-bond donors (Lipinski definition) is 2. The smallest absolute Gasteiger partial charge is 0.116 e. The Labute approximate surface area is 71.5 Å². The molecule has 0 atom stereocenters. The lowest BCUT2D eigenvalue weighted by Gasteiger charge is -2.01. The van der Waals surface area contributed by atoms with Crippen LogP contribution in [0.4, 0.5) is 0 Å². The van der Waals surface area contributed by atoms with Gasteiger partial charge < -0.3 is 10.4 Å². The first-order valence-corrected chi connectivity index (χ1v) is 4.05. The van der Waals surface area contributed by atoms with Crippen molar-refractivity contribution < 1.29 is 5.11 Å². The third kappa shape index (κ3) is 1.34. The molecular formula is C10H11NO. The molecule has 0 fully saturated rings. The third-order valence-electron chi connectivity index (χ3n) is 2.03. The molecule has 0 aliphatic carbocycles. The van der Waals surface area contributed by atoms with E-state index in [-0.39, 0.29) is 0 Å². The molecule has 1 aromatic rings. The molecule has 0 radical (unpaired) electrons. The molecule has 1 aliphatic rings. The van der Waals surface area contributed by atoms with Gasteiger partial charge in [0.1, 0.15) is 5.75 Å². The van der Waals surface area contributed by atoms with Gasteiger partial charge in [-0.05, 0) is 23.3 Å². The molecular weight excluding hydrogens is 150 g/mol. The predicted octanol–water partition coefficient (Wildman–Crippen LogP) is 1.38. The van der Waals surface area contributed by atoms with E-state index in [1.54, 1.807) is 12.1 Å². The summed E-state index contributed by atoms with van der Waals surface area (Å²) in [5.74, 6) is 0.334. The fourth-order valence-electron chi connectivity index (χ4n) is 1.40. The number of aromatic hydroxyl groups is 1. The number of rotatable bonds is 1. The fraction of sp³-hybridized carbons (Fsp3) is 0.200. The second-order valence-electron chi connectivity index (χ2n) is 2.91. The zero-order chi connectivity index (χ0) is 8.39. The summed E-state index contributed by atoms with van der Waals surface area (Å²) in [4.78, 5) is 0. The van der Waals surface area contributed by atoms with Gasteiger partial charge in [0.15, 0.2) is 0 Å². The summed E-state index contributed by atoms with van der Waals surface area (Å²) in [7, 11) is 0. The van der Waals surface area contributed by atoms with E-state index in [4.69, 9.17) is 0 Å². The van der Waals surface area contributed by atoms with Crippen LogP contribution in [0.25, 0.3) is 5.57 Å². The van der Waals surface area contributed by atoms with Gasteiger partial charge in [0.05, 0.1) is 0 Å². The van der Waals surface area contributed by atoms with Crippen LogP contribution < -0.4 is 5.32 Å². The summed E-state index contributed by atoms with van der Waals surface area (Å²) in [6.07, 6.45) is 2.15. The first-order valence-electron chi connectivity index (χ1n) is 4.05. The third-order valence-corrected chi connectivity index (χ3v) is 2.03. The molecule has 2 rings (SSSR count). The van der Waals surface area contributed by atoms with E-state index in [0.29, 0.717) is 5.75 Å². The number of nitrogens with one attached hydrogen (secondary N) is 1. The molecule has 0 amide bonds. The lowest BCUT2D eigenvalue weighted by Crippen LogP contribution is -2.07. The Balaban J connectivity index is 2.33. The quantitative estimate of drug-likeness (QED) is 0.652. The van der Waals surface area contributed by atoms with Crippen molar-refractivity contribution in [3.05, 3.63) is 35.9 Å². The number of phenols is 1. The van der Waals surface area contributed by atoms with Gasteiger partial charge in [-0.2, -0.15) is 0 Å². The van der Waals surface area contributed by atoms with Crippen molar-refractivity contribution in [2.24, 2.45) is 0 Å². The maximum Gasteiger partial charge on any atom is 0.116 e. The number of hydrogen-bond acceptors (Lipinski definition) is 2. The summed E-state index contributed by atoms with van der Waals surface area (Å²) < 4.78 is 0. The topological polar surface area (TPSA) is 32.3 Å². The van der Waals surface area contributed by atoms with Gasteiger partial charge in [-0.1, -0.05) is 18.2 Å². The Morgan fingerprint density at radius 3 is 2.92 bits per heavy atom. The van der Waals surface area contributed by atoms with E-state index < -0.39 is 0 Å². The molecule has 1 heterocycles. The molecule has 62 valence electrons. The largest absolute Gasteiger partial charge is 0.508 e. The van der Waals surface area contributed by atoms with Gasteiger partial charge in [-0.15, -0.1) is 0 Å². The van der Waals surface area contributed by atoms with Gasteiger partial charge in [0.2, 0.25) is 0 Å². The highest BCUT2D eigenvalue weighted by atomic mass is 16.3. The second-order valence-corrected chi connectivity index (χ2v) is 2.91. The van der Waals surface area contributed by atoms with E-state index in [2.05, 4.69) is 11.4 Å². The Morgan fingerprint density at radius 2 is 2.25 bits per heavy atom. The lowest BCUT2D eigenvalue weighted by atomic mass is 10.1. The summed E-state index contributed by atoms with van der Waals surface area (Å²) in [6.45, 7) is 1.84. The van der Waals surface area contributed by atoms with Crippen LogP contribution in [-0.2, 0) is 0 Å². The highest BCUT2D eigenvalue weighted by Gasteiger charge is 2.05. The Kier molecular flexibility index (Phi) is 1.84. The number of phenolic OH excluding ortho intramolecular Hbond substituents is 1. The molecule has 2 N–H and O–H groups in total. The molecule has 0 aromatic heterocycles. The molecule has 0 saturated heterocycles. The summed E-state index contributed by atoms with van der Waals surface area (Å²) in [6, 6.07) is 7.35. The molecule has 1 aromatic carbocycles. The van der Waals surface area contributed by atoms with E-state index >= 15 is 0 Å². The summed E-state index contributed by atoms with van der Waals surface area (Å²) >= 11 is 0. The molecule has 0 unspecified atom stereocenters. The van der Waals surface area contributed by atoms with Crippen LogP contribution in [-0.4, -0.2) is 18.2 Å². The molecule has 1 aliphatic heterocycles. The Bertz CT molecular complexity index is 317. The predicted molar refractivity (Wildman–Crippen MR) is 49.0 cm³/mol. The zero-order valence-corrected chi connectivity index (χ0v) is 6.75. The van der Waals surface area contributed by atoms with Crippen molar-refractivity contribution in [2.45, 2.75) is 0 Å². The van der Waals surface area contributed by atoms with Crippen LogP contribution in [0, 0.1) is 0 Å². The average Bonchev–Trinajstić information content (AvgIpc) is 2.56. The highest BCUT2D eigenvalue weighted by molar-refractivity contribution is 5.69. The van der Waals surface area contributed by atoms with E-state index in [1.165, 1.54) is 5.57 Å². The molecule has 0 bridgehead atoms. The van der Waals surface area contributed by atoms with Gasteiger partial charge in [-0.25, -0.2) is 0 Å². The van der Waals surface area contributed by atoms with E-state index in [9.17, 15) is 5.11 Å². The fourth-order valence-corrected chi connectivity index (χ4v) is 1.40. The van der Waals surface area contributed by atoms with Crippen molar-refractivity contribution in [1.82, 2.24) is 5.32 Å². The minimum absolute atomic E-state index is 0.334. The zero-order valence-electron chi connectivity index (χ0n) is 6.75. The first-order chi connectivity index (χ1) is 5.86. The van der Waals surface area contributed by atoms with Crippen LogP contribution in [0.1, 0.15) is 5.56 Å². The molecule has 0 saturated carbocycles. The van der Waals surface area contributed by atoms with E-state index in [0.717, 1.165) is 18.7 Å². The van der Waals surface area contributed by atoms with Crippen LogP contribution >= 0.6 is 0 Å². The molecule has 0 spiro atoms. The maximum absolute atomic E-state index is 9.23. The van der Waals surface area contributed by atoms with Crippen molar-refractivity contribution in [2.75, 3.05) is 13.1 Å². The molecule has 2 nitrogen and oxygen atoms in total. The van der Waals surface area contributed by atoms with Crippen molar-refractivity contribution >= 4 is 5.57 Å². The van der Waals surface area contributed by atoms with Crippen LogP contribution in [0.2, 0.25) is 0 Å². The Hall–Kier alpha value is -1.28. The van der Waals surface area contributed by atoms with Gasteiger partial charge in [0.25, 0.3) is 0 Å². The van der Waals surface area contributed by atoms with Crippen molar-refractivity contribution in [3.8, 4) is 5.75 Å². The molecule has 2 heteroatoms. The minimum Gasteiger partial charge on any atom is -0.508 e. The van der Waals surface area contributed by atoms with E-state index in [1.807, 2.05) is 12.1 Å². The maximum atomic E-state index is 9.23. The van der Waals surface area contributed by atoms with Gasteiger partial charge >= 0.3 is 0 Å². The van der Waals surface area contributed by atoms with Crippen LogP contribution in [0.5, 0.6) is 5.75 Å². The molecule has 12 heavy (non-hydrogen) atoms.